The number of aryl methyl sites for hydroxylation is 1. The van der Waals surface area contributed by atoms with Crippen LogP contribution in [0.15, 0.2) is 24.3 Å². The van der Waals surface area contributed by atoms with E-state index in [0.29, 0.717) is 6.42 Å². The molecule has 0 unspecified atom stereocenters. The van der Waals surface area contributed by atoms with Gasteiger partial charge < -0.3 is 20.4 Å². The lowest BCUT2D eigenvalue weighted by Crippen LogP contribution is -2.51. The molecule has 106 valence electrons. The van der Waals surface area contributed by atoms with E-state index in [1.807, 2.05) is 24.3 Å². The number of hydrogen-bond donors (Lipinski definition) is 4. The molecule has 2 rings (SSSR count). The first-order valence-corrected chi connectivity index (χ1v) is 6.82. The summed E-state index contributed by atoms with van der Waals surface area (Å²) in [7, 11) is 0. The Kier molecular flexibility index (Phi) is 4.58. The van der Waals surface area contributed by atoms with Gasteiger partial charge in [-0.1, -0.05) is 31.2 Å². The van der Waals surface area contributed by atoms with E-state index in [9.17, 15) is 20.4 Å². The maximum absolute atomic E-state index is 10.1. The average molecular weight is 266 g/mol. The number of aliphatic hydroxyl groups excluding tert-OH is 4. The largest absolute Gasteiger partial charge is 0.396 e. The lowest BCUT2D eigenvalue weighted by atomic mass is 9.73. The second-order valence-electron chi connectivity index (χ2n) is 5.36. The summed E-state index contributed by atoms with van der Waals surface area (Å²) in [6, 6.07) is 7.90. The third kappa shape index (κ3) is 2.82. The number of aliphatic hydroxyl groups is 4. The van der Waals surface area contributed by atoms with E-state index in [1.54, 1.807) is 0 Å². The molecular weight excluding hydrogens is 244 g/mol. The Balaban J connectivity index is 2.26. The molecule has 1 aliphatic carbocycles. The highest BCUT2D eigenvalue weighted by molar-refractivity contribution is 5.28. The van der Waals surface area contributed by atoms with Crippen molar-refractivity contribution in [2.75, 3.05) is 6.61 Å². The predicted octanol–water partition coefficient (Wildman–Crippen LogP) is 0.427. The monoisotopic (exact) mass is 266 g/mol. The Hall–Kier alpha value is -0.940. The molecule has 0 aromatic heterocycles. The molecule has 4 heteroatoms. The molecular formula is C15H22O4. The molecule has 1 fully saturated rings. The van der Waals surface area contributed by atoms with E-state index in [2.05, 4.69) is 6.92 Å². The minimum absolute atomic E-state index is 0.186. The van der Waals surface area contributed by atoms with Crippen LogP contribution in [0.1, 0.15) is 30.4 Å². The fraction of sp³-hybridized carbons (Fsp3) is 0.600. The summed E-state index contributed by atoms with van der Waals surface area (Å²) in [6.07, 6.45) is -1.88. The van der Waals surface area contributed by atoms with E-state index in [0.717, 1.165) is 12.0 Å². The zero-order chi connectivity index (χ0) is 14.0. The third-order valence-corrected chi connectivity index (χ3v) is 4.17. The zero-order valence-electron chi connectivity index (χ0n) is 11.1. The Labute approximate surface area is 113 Å². The van der Waals surface area contributed by atoms with Gasteiger partial charge in [0.1, 0.15) is 6.10 Å². The normalized spacial score (nSPS) is 35.3. The number of hydrogen-bond acceptors (Lipinski definition) is 4. The van der Waals surface area contributed by atoms with Crippen molar-refractivity contribution in [1.29, 1.82) is 0 Å². The van der Waals surface area contributed by atoms with Crippen LogP contribution in [-0.2, 0) is 6.42 Å². The van der Waals surface area contributed by atoms with Crippen molar-refractivity contribution in [3.8, 4) is 0 Å². The van der Waals surface area contributed by atoms with Crippen molar-refractivity contribution in [3.05, 3.63) is 35.4 Å². The molecule has 5 atom stereocenters. The van der Waals surface area contributed by atoms with Gasteiger partial charge in [-0.15, -0.1) is 0 Å². The second-order valence-corrected chi connectivity index (χ2v) is 5.36. The van der Waals surface area contributed by atoms with Crippen LogP contribution in [-0.4, -0.2) is 45.3 Å². The van der Waals surface area contributed by atoms with Gasteiger partial charge in [-0.25, -0.2) is 0 Å². The van der Waals surface area contributed by atoms with Gasteiger partial charge in [0.2, 0.25) is 0 Å². The molecule has 0 bridgehead atoms. The van der Waals surface area contributed by atoms with Crippen molar-refractivity contribution in [1.82, 2.24) is 0 Å². The topological polar surface area (TPSA) is 80.9 Å². The summed E-state index contributed by atoms with van der Waals surface area (Å²) in [5, 5.41) is 39.1. The van der Waals surface area contributed by atoms with Crippen LogP contribution < -0.4 is 0 Å². The molecule has 0 radical (unpaired) electrons. The quantitative estimate of drug-likeness (QED) is 0.639. The number of rotatable bonds is 3. The van der Waals surface area contributed by atoms with Gasteiger partial charge in [0.15, 0.2) is 0 Å². The first-order chi connectivity index (χ1) is 9.08. The fourth-order valence-electron chi connectivity index (χ4n) is 2.88. The van der Waals surface area contributed by atoms with Crippen molar-refractivity contribution < 1.29 is 20.4 Å². The average Bonchev–Trinajstić information content (AvgIpc) is 2.45. The molecule has 1 saturated carbocycles. The van der Waals surface area contributed by atoms with Gasteiger partial charge in [0.05, 0.1) is 12.2 Å². The highest BCUT2D eigenvalue weighted by Gasteiger charge is 2.42. The smallest absolute Gasteiger partial charge is 0.107 e. The van der Waals surface area contributed by atoms with Gasteiger partial charge in [-0.05, 0) is 24.0 Å². The summed E-state index contributed by atoms with van der Waals surface area (Å²) in [5.74, 6) is -0.643. The van der Waals surface area contributed by atoms with E-state index in [1.165, 1.54) is 5.56 Å². The van der Waals surface area contributed by atoms with Gasteiger partial charge in [0, 0.05) is 18.4 Å². The Morgan fingerprint density at radius 1 is 1.11 bits per heavy atom. The van der Waals surface area contributed by atoms with Crippen molar-refractivity contribution in [2.45, 2.75) is 44.0 Å². The van der Waals surface area contributed by atoms with Gasteiger partial charge in [-0.3, -0.25) is 0 Å². The van der Waals surface area contributed by atoms with E-state index in [4.69, 9.17) is 0 Å². The van der Waals surface area contributed by atoms with Crippen molar-refractivity contribution >= 4 is 0 Å². The maximum atomic E-state index is 10.1. The summed E-state index contributed by atoms with van der Waals surface area (Å²) >= 11 is 0. The second kappa shape index (κ2) is 6.01. The molecule has 0 heterocycles. The third-order valence-electron chi connectivity index (χ3n) is 4.17. The van der Waals surface area contributed by atoms with E-state index < -0.39 is 24.2 Å². The minimum Gasteiger partial charge on any atom is -0.396 e. The van der Waals surface area contributed by atoms with Crippen LogP contribution >= 0.6 is 0 Å². The van der Waals surface area contributed by atoms with Gasteiger partial charge in [0.25, 0.3) is 0 Å². The van der Waals surface area contributed by atoms with Crippen molar-refractivity contribution in [3.63, 3.8) is 0 Å². The van der Waals surface area contributed by atoms with Gasteiger partial charge in [-0.2, -0.15) is 0 Å². The minimum atomic E-state index is -1.21. The van der Waals surface area contributed by atoms with Crippen LogP contribution in [0.25, 0.3) is 0 Å². The standard InChI is InChI=1S/C15H22O4/c1-2-9-4-3-5-10(6-9)12-7-11(8-16)13(17)15(19)14(12)18/h3-6,11-19H,2,7-8H2,1H3/t11-,12+,13-,14+,15+/m1/s1. The van der Waals surface area contributed by atoms with Crippen LogP contribution in [0.5, 0.6) is 0 Å². The molecule has 1 aliphatic rings. The Morgan fingerprint density at radius 3 is 2.47 bits per heavy atom. The molecule has 19 heavy (non-hydrogen) atoms. The summed E-state index contributed by atoms with van der Waals surface area (Å²) in [4.78, 5) is 0. The molecule has 0 saturated heterocycles. The lowest BCUT2D eigenvalue weighted by Gasteiger charge is -2.40. The first-order valence-electron chi connectivity index (χ1n) is 6.82. The molecule has 1 aromatic carbocycles. The van der Waals surface area contributed by atoms with Crippen molar-refractivity contribution in [2.24, 2.45) is 5.92 Å². The molecule has 4 N–H and O–H groups in total. The summed E-state index contributed by atoms with van der Waals surface area (Å²) in [6.45, 7) is 1.88. The molecule has 4 nitrogen and oxygen atoms in total. The molecule has 0 amide bonds. The number of benzene rings is 1. The van der Waals surface area contributed by atoms with Crippen LogP contribution in [0.2, 0.25) is 0 Å². The van der Waals surface area contributed by atoms with Gasteiger partial charge >= 0.3 is 0 Å². The highest BCUT2D eigenvalue weighted by atomic mass is 16.4. The first kappa shape index (κ1) is 14.5. The Bertz CT molecular complexity index is 418. The Morgan fingerprint density at radius 2 is 1.84 bits per heavy atom. The predicted molar refractivity (Wildman–Crippen MR) is 71.8 cm³/mol. The molecule has 0 spiro atoms. The lowest BCUT2D eigenvalue weighted by molar-refractivity contribution is -0.127. The molecule has 1 aromatic rings. The van der Waals surface area contributed by atoms with Crippen LogP contribution in [0, 0.1) is 5.92 Å². The molecule has 0 aliphatic heterocycles. The summed E-state index contributed by atoms with van der Waals surface area (Å²) in [5.41, 5.74) is 2.13. The van der Waals surface area contributed by atoms with Crippen LogP contribution in [0.4, 0.5) is 0 Å². The van der Waals surface area contributed by atoms with E-state index >= 15 is 0 Å². The summed E-state index contributed by atoms with van der Waals surface area (Å²) < 4.78 is 0. The fourth-order valence-corrected chi connectivity index (χ4v) is 2.88. The highest BCUT2D eigenvalue weighted by Crippen LogP contribution is 2.37. The van der Waals surface area contributed by atoms with Crippen LogP contribution in [0.3, 0.4) is 0 Å². The zero-order valence-corrected chi connectivity index (χ0v) is 11.1. The van der Waals surface area contributed by atoms with E-state index in [-0.39, 0.29) is 12.5 Å². The maximum Gasteiger partial charge on any atom is 0.107 e. The SMILES string of the molecule is CCc1cccc([C@@H]2C[C@H](CO)[C@@H](O)[C@H](O)[C@H]2O)c1.